The third-order valence-corrected chi connectivity index (χ3v) is 5.37. The largest absolute Gasteiger partial charge is 0.367 e. The number of hydrogen-bond donors (Lipinski definition) is 0. The molecule has 1 aromatic heterocycles. The van der Waals surface area contributed by atoms with Crippen LogP contribution in [0.4, 0.5) is 0 Å². The third kappa shape index (κ3) is 3.12. The number of aromatic nitrogens is 2. The molecule has 112 valence electrons. The normalized spacial score (nSPS) is 18.5. The van der Waals surface area contributed by atoms with E-state index in [1.54, 1.807) is 0 Å². The highest BCUT2D eigenvalue weighted by Gasteiger charge is 2.40. The minimum atomic E-state index is -0.331. The fraction of sp³-hybridized carbons (Fsp3) is 0.733. The van der Waals surface area contributed by atoms with E-state index in [0.717, 1.165) is 40.8 Å². The summed E-state index contributed by atoms with van der Waals surface area (Å²) in [6.45, 7) is 9.16. The van der Waals surface area contributed by atoms with Crippen molar-refractivity contribution in [3.63, 3.8) is 0 Å². The molecule has 3 nitrogen and oxygen atoms in total. The molecule has 1 heterocycles. The molecule has 0 atom stereocenters. The van der Waals surface area contributed by atoms with Crippen LogP contribution in [0.15, 0.2) is 0 Å². The van der Waals surface area contributed by atoms with E-state index in [4.69, 9.17) is 21.3 Å². The van der Waals surface area contributed by atoms with Crippen LogP contribution in [0.5, 0.6) is 0 Å². The molecule has 1 aliphatic carbocycles. The molecule has 0 aliphatic heterocycles. The van der Waals surface area contributed by atoms with Crippen LogP contribution in [-0.4, -0.2) is 16.6 Å². The summed E-state index contributed by atoms with van der Waals surface area (Å²) < 4.78 is 7.00. The SMILES string of the molecule is CCOC1(c2nc(Cl)c(I)c(C(C)(C)C)n2)CCCC1. The van der Waals surface area contributed by atoms with Gasteiger partial charge in [0, 0.05) is 12.0 Å². The van der Waals surface area contributed by atoms with Crippen LogP contribution in [0.1, 0.15) is 64.9 Å². The first kappa shape index (κ1) is 16.4. The second-order valence-electron chi connectivity index (χ2n) is 6.39. The minimum absolute atomic E-state index is 0.0517. The number of rotatable bonds is 3. The fourth-order valence-electron chi connectivity index (χ4n) is 2.78. The summed E-state index contributed by atoms with van der Waals surface area (Å²) in [5, 5.41) is 0.548. The molecule has 0 bridgehead atoms. The van der Waals surface area contributed by atoms with Gasteiger partial charge in [-0.05, 0) is 55.2 Å². The lowest BCUT2D eigenvalue weighted by atomic mass is 9.91. The Balaban J connectivity index is 2.54. The van der Waals surface area contributed by atoms with Gasteiger partial charge in [-0.1, -0.05) is 32.4 Å². The summed E-state index contributed by atoms with van der Waals surface area (Å²) in [7, 11) is 0. The second-order valence-corrected chi connectivity index (χ2v) is 7.82. The number of halogens is 2. The van der Waals surface area contributed by atoms with Crippen LogP contribution in [0, 0.1) is 3.57 Å². The summed E-state index contributed by atoms with van der Waals surface area (Å²) >= 11 is 8.59. The molecule has 0 unspecified atom stereocenters. The van der Waals surface area contributed by atoms with Crippen molar-refractivity contribution in [2.75, 3.05) is 6.61 Å². The Labute approximate surface area is 140 Å². The second kappa shape index (κ2) is 6.05. The maximum Gasteiger partial charge on any atom is 0.162 e. The van der Waals surface area contributed by atoms with E-state index >= 15 is 0 Å². The zero-order valence-corrected chi connectivity index (χ0v) is 15.5. The van der Waals surface area contributed by atoms with Gasteiger partial charge >= 0.3 is 0 Å². The van der Waals surface area contributed by atoms with E-state index in [9.17, 15) is 0 Å². The van der Waals surface area contributed by atoms with Gasteiger partial charge in [-0.3, -0.25) is 0 Å². The topological polar surface area (TPSA) is 35.0 Å². The molecular weight excluding hydrogens is 387 g/mol. The molecule has 0 aromatic carbocycles. The van der Waals surface area contributed by atoms with Crippen molar-refractivity contribution >= 4 is 34.2 Å². The van der Waals surface area contributed by atoms with E-state index in [0.29, 0.717) is 11.8 Å². The highest BCUT2D eigenvalue weighted by Crippen LogP contribution is 2.42. The maximum absolute atomic E-state index is 6.35. The Bertz CT molecular complexity index is 493. The average molecular weight is 409 g/mol. The summed E-state index contributed by atoms with van der Waals surface area (Å²) in [5.74, 6) is 0.771. The number of hydrogen-bond acceptors (Lipinski definition) is 3. The molecule has 1 aromatic rings. The Morgan fingerprint density at radius 1 is 1.25 bits per heavy atom. The van der Waals surface area contributed by atoms with Crippen molar-refractivity contribution in [3.05, 3.63) is 20.2 Å². The van der Waals surface area contributed by atoms with Gasteiger partial charge in [0.2, 0.25) is 0 Å². The molecule has 5 heteroatoms. The predicted octanol–water partition coefficient (Wildman–Crippen LogP) is 4.84. The van der Waals surface area contributed by atoms with Crippen LogP contribution in [0.2, 0.25) is 5.15 Å². The molecule has 0 saturated heterocycles. The highest BCUT2D eigenvalue weighted by molar-refractivity contribution is 14.1. The van der Waals surface area contributed by atoms with E-state index in [1.807, 2.05) is 6.92 Å². The first-order valence-electron chi connectivity index (χ1n) is 7.18. The predicted molar refractivity (Wildman–Crippen MR) is 90.2 cm³/mol. The van der Waals surface area contributed by atoms with Crippen molar-refractivity contribution < 1.29 is 4.74 Å². The van der Waals surface area contributed by atoms with Gasteiger partial charge in [-0.25, -0.2) is 9.97 Å². The standard InChI is InChI=1S/C15H22ClIN2O/c1-5-20-15(8-6-7-9-15)13-18-11(14(2,3)4)10(17)12(16)19-13/h5-9H2,1-4H3. The Morgan fingerprint density at radius 2 is 1.85 bits per heavy atom. The van der Waals surface area contributed by atoms with Crippen LogP contribution >= 0.6 is 34.2 Å². The van der Waals surface area contributed by atoms with Crippen molar-refractivity contribution in [1.82, 2.24) is 9.97 Å². The Kier molecular flexibility index (Phi) is 4.97. The average Bonchev–Trinajstić information content (AvgIpc) is 2.81. The molecule has 1 aliphatic rings. The molecule has 20 heavy (non-hydrogen) atoms. The third-order valence-electron chi connectivity index (χ3n) is 3.76. The summed E-state index contributed by atoms with van der Waals surface area (Å²) in [6, 6.07) is 0. The van der Waals surface area contributed by atoms with Gasteiger partial charge in [0.15, 0.2) is 5.82 Å². The Hall–Kier alpha value is 0.0600. The van der Waals surface area contributed by atoms with Crippen molar-refractivity contribution in [1.29, 1.82) is 0 Å². The van der Waals surface area contributed by atoms with E-state index in [-0.39, 0.29) is 11.0 Å². The van der Waals surface area contributed by atoms with Gasteiger partial charge in [0.25, 0.3) is 0 Å². The van der Waals surface area contributed by atoms with E-state index in [1.165, 1.54) is 0 Å². The molecule has 1 fully saturated rings. The molecule has 1 saturated carbocycles. The molecule has 0 N–H and O–H groups in total. The van der Waals surface area contributed by atoms with Crippen molar-refractivity contribution in [2.24, 2.45) is 0 Å². The molecule has 0 radical (unpaired) electrons. The number of nitrogens with zero attached hydrogens (tertiary/aromatic N) is 2. The molecule has 0 spiro atoms. The molecule has 0 amide bonds. The smallest absolute Gasteiger partial charge is 0.162 e. The fourth-order valence-corrected chi connectivity index (χ4v) is 4.00. The van der Waals surface area contributed by atoms with E-state index < -0.39 is 0 Å². The van der Waals surface area contributed by atoms with Crippen LogP contribution in [0.25, 0.3) is 0 Å². The van der Waals surface area contributed by atoms with Gasteiger partial charge < -0.3 is 4.74 Å². The first-order chi connectivity index (χ1) is 9.30. The van der Waals surface area contributed by atoms with Gasteiger partial charge in [0.05, 0.1) is 9.26 Å². The molecule has 2 rings (SSSR count). The zero-order valence-electron chi connectivity index (χ0n) is 12.6. The van der Waals surface area contributed by atoms with Crippen LogP contribution in [0.3, 0.4) is 0 Å². The Morgan fingerprint density at radius 3 is 2.35 bits per heavy atom. The summed E-state index contributed by atoms with van der Waals surface area (Å²) in [5.41, 5.74) is 0.631. The first-order valence-corrected chi connectivity index (χ1v) is 8.64. The van der Waals surface area contributed by atoms with Crippen LogP contribution in [-0.2, 0) is 15.8 Å². The maximum atomic E-state index is 6.35. The zero-order chi connectivity index (χ0) is 15.0. The van der Waals surface area contributed by atoms with Crippen molar-refractivity contribution in [3.8, 4) is 0 Å². The summed E-state index contributed by atoms with van der Waals surface area (Å²) in [6.07, 6.45) is 4.30. The van der Waals surface area contributed by atoms with Gasteiger partial charge in [-0.15, -0.1) is 0 Å². The lowest BCUT2D eigenvalue weighted by Crippen LogP contribution is -2.31. The molecular formula is C15H22ClIN2O. The van der Waals surface area contributed by atoms with Crippen LogP contribution < -0.4 is 0 Å². The lowest BCUT2D eigenvalue weighted by molar-refractivity contribution is -0.0459. The van der Waals surface area contributed by atoms with Crippen molar-refractivity contribution in [2.45, 2.75) is 64.4 Å². The summed E-state index contributed by atoms with van der Waals surface area (Å²) in [4.78, 5) is 9.39. The quantitative estimate of drug-likeness (QED) is 0.530. The van der Waals surface area contributed by atoms with Gasteiger partial charge in [-0.2, -0.15) is 0 Å². The minimum Gasteiger partial charge on any atom is -0.367 e. The van der Waals surface area contributed by atoms with E-state index in [2.05, 4.69) is 48.3 Å². The monoisotopic (exact) mass is 408 g/mol. The van der Waals surface area contributed by atoms with Gasteiger partial charge in [0.1, 0.15) is 10.8 Å². The number of ether oxygens (including phenoxy) is 1. The lowest BCUT2D eigenvalue weighted by Gasteiger charge is -2.29. The highest BCUT2D eigenvalue weighted by atomic mass is 127.